The summed E-state index contributed by atoms with van der Waals surface area (Å²) in [6, 6.07) is 0.620. The fourth-order valence-electron chi connectivity index (χ4n) is 2.65. The van der Waals surface area contributed by atoms with E-state index in [1.807, 2.05) is 0 Å². The van der Waals surface area contributed by atoms with Crippen molar-refractivity contribution in [1.29, 1.82) is 0 Å². The number of ether oxygens (including phenoxy) is 1. The minimum Gasteiger partial charge on any atom is -0.379 e. The molecule has 1 aliphatic heterocycles. The third-order valence-corrected chi connectivity index (χ3v) is 3.77. The molecule has 1 saturated heterocycles. The number of guanidine groups is 1. The molecule has 1 aliphatic rings. The van der Waals surface area contributed by atoms with Crippen LogP contribution >= 0.6 is 0 Å². The van der Waals surface area contributed by atoms with Crippen LogP contribution in [0.1, 0.15) is 47.0 Å². The quantitative estimate of drug-likeness (QED) is 0.387. The Balaban J connectivity index is 2.28. The van der Waals surface area contributed by atoms with E-state index in [2.05, 4.69) is 43.2 Å². The van der Waals surface area contributed by atoms with Gasteiger partial charge >= 0.3 is 0 Å². The van der Waals surface area contributed by atoms with Gasteiger partial charge in [-0.1, -0.05) is 6.92 Å². The summed E-state index contributed by atoms with van der Waals surface area (Å²) in [6.07, 6.45) is 3.91. The van der Waals surface area contributed by atoms with Crippen molar-refractivity contribution >= 4 is 5.96 Å². The Bertz CT molecular complexity index is 294. The lowest BCUT2D eigenvalue weighted by Crippen LogP contribution is -2.39. The molecule has 5 nitrogen and oxygen atoms in total. The fraction of sp³-hybridized carbons (Fsp3) is 0.938. The first-order chi connectivity index (χ1) is 10.2. The lowest BCUT2D eigenvalue weighted by molar-refractivity contribution is 0.0776. The van der Waals surface area contributed by atoms with Crippen LogP contribution in [0.25, 0.3) is 0 Å². The van der Waals surface area contributed by atoms with E-state index < -0.39 is 0 Å². The van der Waals surface area contributed by atoms with Gasteiger partial charge in [-0.15, -0.1) is 0 Å². The molecule has 1 atom stereocenters. The van der Waals surface area contributed by atoms with Crippen LogP contribution in [0.15, 0.2) is 4.99 Å². The Hall–Kier alpha value is -0.810. The van der Waals surface area contributed by atoms with E-state index in [4.69, 9.17) is 9.73 Å². The van der Waals surface area contributed by atoms with Gasteiger partial charge in [-0.2, -0.15) is 0 Å². The van der Waals surface area contributed by atoms with Crippen molar-refractivity contribution in [3.8, 4) is 0 Å². The maximum absolute atomic E-state index is 5.55. The summed E-state index contributed by atoms with van der Waals surface area (Å²) in [4.78, 5) is 7.27. The lowest BCUT2D eigenvalue weighted by Gasteiger charge is -2.21. The van der Waals surface area contributed by atoms with Crippen molar-refractivity contribution in [2.24, 2.45) is 4.99 Å². The second-order valence-electron chi connectivity index (χ2n) is 5.84. The molecule has 1 heterocycles. The molecule has 0 saturated carbocycles. The predicted octanol–water partition coefficient (Wildman–Crippen LogP) is 1.84. The van der Waals surface area contributed by atoms with Gasteiger partial charge in [0.1, 0.15) is 0 Å². The molecule has 2 N–H and O–H groups in total. The molecule has 0 aromatic carbocycles. The zero-order chi connectivity index (χ0) is 15.5. The van der Waals surface area contributed by atoms with Gasteiger partial charge in [0.2, 0.25) is 0 Å². The fourth-order valence-corrected chi connectivity index (χ4v) is 2.65. The highest BCUT2D eigenvalue weighted by Crippen LogP contribution is 2.16. The van der Waals surface area contributed by atoms with Crippen molar-refractivity contribution in [1.82, 2.24) is 15.5 Å². The van der Waals surface area contributed by atoms with Crippen LogP contribution in [-0.4, -0.2) is 62.3 Å². The van der Waals surface area contributed by atoms with Crippen LogP contribution in [0.5, 0.6) is 0 Å². The topological polar surface area (TPSA) is 48.9 Å². The monoisotopic (exact) mass is 298 g/mol. The van der Waals surface area contributed by atoms with Gasteiger partial charge in [0.05, 0.1) is 12.6 Å². The number of hydrogen-bond donors (Lipinski definition) is 2. The Labute approximate surface area is 130 Å². The van der Waals surface area contributed by atoms with Crippen molar-refractivity contribution in [2.75, 3.05) is 39.3 Å². The highest BCUT2D eigenvalue weighted by molar-refractivity contribution is 5.79. The van der Waals surface area contributed by atoms with Gasteiger partial charge < -0.3 is 15.4 Å². The largest absolute Gasteiger partial charge is 0.379 e. The van der Waals surface area contributed by atoms with E-state index in [1.54, 1.807) is 0 Å². The number of aliphatic imine (C=N–C) groups is 1. The zero-order valence-corrected chi connectivity index (χ0v) is 14.3. The third kappa shape index (κ3) is 7.67. The maximum Gasteiger partial charge on any atom is 0.191 e. The first-order valence-corrected chi connectivity index (χ1v) is 8.55. The van der Waals surface area contributed by atoms with Gasteiger partial charge in [-0.05, 0) is 53.1 Å². The van der Waals surface area contributed by atoms with Crippen molar-refractivity contribution in [3.05, 3.63) is 0 Å². The number of nitrogens with zero attached hydrogens (tertiary/aromatic N) is 2. The summed E-state index contributed by atoms with van der Waals surface area (Å²) in [5.41, 5.74) is 0. The molecule has 124 valence electrons. The van der Waals surface area contributed by atoms with Gasteiger partial charge in [0.15, 0.2) is 5.96 Å². The molecule has 0 spiro atoms. The minimum atomic E-state index is 0.314. The Morgan fingerprint density at radius 1 is 1.33 bits per heavy atom. The second-order valence-corrected chi connectivity index (χ2v) is 5.84. The molecule has 5 heteroatoms. The van der Waals surface area contributed by atoms with Crippen LogP contribution in [-0.2, 0) is 4.74 Å². The van der Waals surface area contributed by atoms with Crippen LogP contribution < -0.4 is 10.6 Å². The van der Waals surface area contributed by atoms with E-state index in [0.29, 0.717) is 12.1 Å². The molecule has 0 bridgehead atoms. The van der Waals surface area contributed by atoms with Gasteiger partial charge in [-0.25, -0.2) is 0 Å². The standard InChI is InChI=1S/C16H34N4O/c1-5-17-16(18-10-8-12-21-14(3)4)19-13-15-9-7-11-20(15)6-2/h14-15H,5-13H2,1-4H3,(H2,17,18,19). The summed E-state index contributed by atoms with van der Waals surface area (Å²) >= 11 is 0. The van der Waals surface area contributed by atoms with Gasteiger partial charge in [0, 0.05) is 25.7 Å². The summed E-state index contributed by atoms with van der Waals surface area (Å²) in [5.74, 6) is 0.935. The van der Waals surface area contributed by atoms with Crippen LogP contribution in [0.3, 0.4) is 0 Å². The normalized spacial score (nSPS) is 20.2. The molecule has 21 heavy (non-hydrogen) atoms. The average molecular weight is 298 g/mol. The van der Waals surface area contributed by atoms with Crippen molar-refractivity contribution in [3.63, 3.8) is 0 Å². The van der Waals surface area contributed by atoms with E-state index in [1.165, 1.54) is 19.4 Å². The van der Waals surface area contributed by atoms with Crippen LogP contribution in [0.4, 0.5) is 0 Å². The Kier molecular flexibility index (Phi) is 9.42. The highest BCUT2D eigenvalue weighted by Gasteiger charge is 2.22. The Morgan fingerprint density at radius 3 is 2.81 bits per heavy atom. The van der Waals surface area contributed by atoms with Crippen molar-refractivity contribution in [2.45, 2.75) is 59.1 Å². The van der Waals surface area contributed by atoms with Gasteiger partial charge in [0.25, 0.3) is 0 Å². The minimum absolute atomic E-state index is 0.314. The Morgan fingerprint density at radius 2 is 2.14 bits per heavy atom. The lowest BCUT2D eigenvalue weighted by atomic mass is 10.2. The smallest absolute Gasteiger partial charge is 0.191 e. The maximum atomic E-state index is 5.55. The molecule has 1 unspecified atom stereocenters. The molecule has 0 aromatic rings. The third-order valence-electron chi connectivity index (χ3n) is 3.77. The van der Waals surface area contributed by atoms with Gasteiger partial charge in [-0.3, -0.25) is 9.89 Å². The summed E-state index contributed by atoms with van der Waals surface area (Å²) in [6.45, 7) is 14.3. The van der Waals surface area contributed by atoms with E-state index in [0.717, 1.165) is 45.2 Å². The highest BCUT2D eigenvalue weighted by atomic mass is 16.5. The number of rotatable bonds is 9. The average Bonchev–Trinajstić information content (AvgIpc) is 2.91. The summed E-state index contributed by atoms with van der Waals surface area (Å²) in [5, 5.41) is 6.71. The second kappa shape index (κ2) is 10.9. The van der Waals surface area contributed by atoms with Crippen molar-refractivity contribution < 1.29 is 4.74 Å². The first-order valence-electron chi connectivity index (χ1n) is 8.55. The molecule has 1 rings (SSSR count). The zero-order valence-electron chi connectivity index (χ0n) is 14.3. The van der Waals surface area contributed by atoms with E-state index >= 15 is 0 Å². The predicted molar refractivity (Wildman–Crippen MR) is 90.0 cm³/mol. The molecular formula is C16H34N4O. The van der Waals surface area contributed by atoms with E-state index in [9.17, 15) is 0 Å². The molecule has 0 aliphatic carbocycles. The number of likely N-dealkylation sites (N-methyl/N-ethyl adjacent to an activating group) is 1. The first kappa shape index (κ1) is 18.2. The number of hydrogen-bond acceptors (Lipinski definition) is 3. The SMILES string of the molecule is CCNC(=NCC1CCCN1CC)NCCCOC(C)C. The molecule has 0 amide bonds. The number of nitrogens with one attached hydrogen (secondary N) is 2. The van der Waals surface area contributed by atoms with Crippen LogP contribution in [0.2, 0.25) is 0 Å². The molecule has 1 fully saturated rings. The molecule has 0 radical (unpaired) electrons. The summed E-state index contributed by atoms with van der Waals surface area (Å²) in [7, 11) is 0. The van der Waals surface area contributed by atoms with E-state index in [-0.39, 0.29) is 0 Å². The van der Waals surface area contributed by atoms with Crippen LogP contribution in [0, 0.1) is 0 Å². The molecular weight excluding hydrogens is 264 g/mol. The molecule has 0 aromatic heterocycles. The number of likely N-dealkylation sites (tertiary alicyclic amines) is 1. The summed E-state index contributed by atoms with van der Waals surface area (Å²) < 4.78 is 5.55.